The standard InChI is InChI=1S/C24H17F2N3O/c25-15-9-10-16-14(13-27-21(16)12-15)11-22-24(30)29-20-8-4-2-6-18(20)23(28-22)17-5-1-3-7-19(17)26/h1-10,12-13,22,27H,11H2,(H,29,30). The molecule has 30 heavy (non-hydrogen) atoms. The average Bonchev–Trinajstić information content (AvgIpc) is 3.07. The molecule has 0 radical (unpaired) electrons. The largest absolute Gasteiger partial charge is 0.361 e. The number of carbonyl (C=O) groups is 1. The number of amides is 1. The number of hydrogen-bond acceptors (Lipinski definition) is 2. The van der Waals surface area contributed by atoms with Crippen molar-refractivity contribution < 1.29 is 13.6 Å². The maximum absolute atomic E-state index is 14.6. The van der Waals surface area contributed by atoms with E-state index in [2.05, 4.69) is 10.3 Å². The maximum atomic E-state index is 14.6. The fraction of sp³-hybridized carbons (Fsp3) is 0.0833. The number of rotatable bonds is 3. The fourth-order valence-corrected chi connectivity index (χ4v) is 3.84. The van der Waals surface area contributed by atoms with E-state index in [1.54, 1.807) is 36.5 Å². The van der Waals surface area contributed by atoms with Gasteiger partial charge in [-0.25, -0.2) is 8.78 Å². The molecule has 2 N–H and O–H groups in total. The van der Waals surface area contributed by atoms with Crippen molar-refractivity contribution in [2.75, 3.05) is 5.32 Å². The predicted molar refractivity (Wildman–Crippen MR) is 113 cm³/mol. The summed E-state index contributed by atoms with van der Waals surface area (Å²) in [5.74, 6) is -1.01. The lowest BCUT2D eigenvalue weighted by molar-refractivity contribution is -0.117. The van der Waals surface area contributed by atoms with E-state index in [1.165, 1.54) is 18.2 Å². The van der Waals surface area contributed by atoms with E-state index in [0.717, 1.165) is 10.9 Å². The first-order chi connectivity index (χ1) is 14.6. The Morgan fingerprint density at radius 2 is 1.70 bits per heavy atom. The highest BCUT2D eigenvalue weighted by Gasteiger charge is 2.27. The molecule has 2 heterocycles. The van der Waals surface area contributed by atoms with Crippen LogP contribution >= 0.6 is 0 Å². The van der Waals surface area contributed by atoms with Crippen LogP contribution in [-0.2, 0) is 11.2 Å². The highest BCUT2D eigenvalue weighted by molar-refractivity contribution is 6.19. The van der Waals surface area contributed by atoms with Gasteiger partial charge in [0.1, 0.15) is 17.7 Å². The van der Waals surface area contributed by atoms with Crippen molar-refractivity contribution >= 4 is 28.2 Å². The second-order valence-corrected chi connectivity index (χ2v) is 7.22. The molecular weight excluding hydrogens is 384 g/mol. The van der Waals surface area contributed by atoms with Gasteiger partial charge in [0, 0.05) is 34.6 Å². The number of fused-ring (bicyclic) bond motifs is 2. The molecule has 5 rings (SSSR count). The van der Waals surface area contributed by atoms with Crippen molar-refractivity contribution in [1.82, 2.24) is 4.98 Å². The Kier molecular flexibility index (Phi) is 4.39. The summed E-state index contributed by atoms with van der Waals surface area (Å²) in [6, 6.07) is 17.3. The quantitative estimate of drug-likeness (QED) is 0.507. The highest BCUT2D eigenvalue weighted by Crippen LogP contribution is 2.28. The summed E-state index contributed by atoms with van der Waals surface area (Å²) in [6.07, 6.45) is 2.05. The first-order valence-electron chi connectivity index (χ1n) is 9.58. The minimum absolute atomic E-state index is 0.273. The van der Waals surface area contributed by atoms with Gasteiger partial charge in [-0.15, -0.1) is 0 Å². The number of halogens is 2. The molecule has 0 bridgehead atoms. The Morgan fingerprint density at radius 1 is 0.933 bits per heavy atom. The molecule has 0 aliphatic carbocycles. The number of aromatic amines is 1. The van der Waals surface area contributed by atoms with E-state index in [4.69, 9.17) is 4.99 Å². The summed E-state index contributed by atoms with van der Waals surface area (Å²) in [7, 11) is 0. The predicted octanol–water partition coefficient (Wildman–Crippen LogP) is 4.85. The summed E-state index contributed by atoms with van der Waals surface area (Å²) in [5, 5.41) is 3.74. The van der Waals surface area contributed by atoms with Gasteiger partial charge in [-0.3, -0.25) is 9.79 Å². The van der Waals surface area contributed by atoms with Crippen LogP contribution in [0.2, 0.25) is 0 Å². The molecule has 1 aromatic heterocycles. The van der Waals surface area contributed by atoms with Crippen molar-refractivity contribution in [1.29, 1.82) is 0 Å². The summed E-state index contributed by atoms with van der Waals surface area (Å²) in [5.41, 5.74) is 3.52. The maximum Gasteiger partial charge on any atom is 0.249 e. The van der Waals surface area contributed by atoms with Gasteiger partial charge >= 0.3 is 0 Å². The third-order valence-electron chi connectivity index (χ3n) is 5.30. The topological polar surface area (TPSA) is 57.2 Å². The molecule has 1 amide bonds. The first-order valence-corrected chi connectivity index (χ1v) is 9.58. The minimum Gasteiger partial charge on any atom is -0.361 e. The van der Waals surface area contributed by atoms with Crippen LogP contribution in [0.15, 0.2) is 77.9 Å². The molecule has 0 spiro atoms. The smallest absolute Gasteiger partial charge is 0.249 e. The fourth-order valence-electron chi connectivity index (χ4n) is 3.84. The molecular formula is C24H17F2N3O. The van der Waals surface area contributed by atoms with Crippen molar-refractivity contribution in [3.05, 3.63) is 101 Å². The molecule has 0 saturated heterocycles. The van der Waals surface area contributed by atoms with Crippen molar-refractivity contribution in [3.63, 3.8) is 0 Å². The number of aromatic nitrogens is 1. The van der Waals surface area contributed by atoms with Crippen LogP contribution in [0, 0.1) is 11.6 Å². The number of nitrogens with one attached hydrogen (secondary N) is 2. The monoisotopic (exact) mass is 401 g/mol. The van der Waals surface area contributed by atoms with Gasteiger partial charge in [-0.1, -0.05) is 30.3 Å². The van der Waals surface area contributed by atoms with Gasteiger partial charge in [0.25, 0.3) is 0 Å². The summed E-state index contributed by atoms with van der Waals surface area (Å²) < 4.78 is 28.1. The second-order valence-electron chi connectivity index (χ2n) is 7.22. The molecule has 1 atom stereocenters. The summed E-state index contributed by atoms with van der Waals surface area (Å²) in [4.78, 5) is 20.7. The zero-order valence-electron chi connectivity index (χ0n) is 15.8. The van der Waals surface area contributed by atoms with Gasteiger partial charge in [-0.05, 0) is 42.0 Å². The second kappa shape index (κ2) is 7.22. The minimum atomic E-state index is -0.768. The molecule has 1 aliphatic heterocycles. The van der Waals surface area contributed by atoms with E-state index in [-0.39, 0.29) is 11.7 Å². The molecule has 4 aromatic rings. The Labute approximate surface area is 171 Å². The van der Waals surface area contributed by atoms with Crippen LogP contribution in [0.25, 0.3) is 10.9 Å². The Morgan fingerprint density at radius 3 is 2.53 bits per heavy atom. The van der Waals surface area contributed by atoms with Crippen LogP contribution in [0.1, 0.15) is 16.7 Å². The number of aliphatic imine (C=N–C) groups is 1. The number of benzodiazepines with no additional fused rings is 1. The SMILES string of the molecule is O=C1Nc2ccccc2C(c2ccccc2F)=NC1Cc1c[nH]c2cc(F)ccc12. The number of H-pyrrole nitrogens is 1. The number of benzene rings is 3. The number of nitrogens with zero attached hydrogens (tertiary/aromatic N) is 1. The van der Waals surface area contributed by atoms with E-state index >= 15 is 0 Å². The zero-order chi connectivity index (χ0) is 20.7. The molecule has 6 heteroatoms. The third-order valence-corrected chi connectivity index (χ3v) is 5.30. The van der Waals surface area contributed by atoms with Gasteiger partial charge < -0.3 is 10.3 Å². The van der Waals surface area contributed by atoms with Gasteiger partial charge in [0.15, 0.2) is 0 Å². The Bertz CT molecular complexity index is 1310. The van der Waals surface area contributed by atoms with Gasteiger partial charge in [-0.2, -0.15) is 0 Å². The Hall–Kier alpha value is -3.80. The van der Waals surface area contributed by atoms with E-state index in [0.29, 0.717) is 34.5 Å². The van der Waals surface area contributed by atoms with Crippen molar-refractivity contribution in [2.24, 2.45) is 4.99 Å². The van der Waals surface area contributed by atoms with Gasteiger partial charge in [0.05, 0.1) is 11.4 Å². The molecule has 1 aliphatic rings. The zero-order valence-corrected chi connectivity index (χ0v) is 15.8. The molecule has 1 unspecified atom stereocenters. The Balaban J connectivity index is 1.62. The molecule has 4 nitrogen and oxygen atoms in total. The summed E-state index contributed by atoms with van der Waals surface area (Å²) in [6.45, 7) is 0. The number of carbonyl (C=O) groups excluding carboxylic acids is 1. The highest BCUT2D eigenvalue weighted by atomic mass is 19.1. The van der Waals surface area contributed by atoms with Crippen molar-refractivity contribution in [2.45, 2.75) is 12.5 Å². The lowest BCUT2D eigenvalue weighted by Crippen LogP contribution is -2.27. The summed E-state index contributed by atoms with van der Waals surface area (Å²) >= 11 is 0. The first kappa shape index (κ1) is 18.2. The van der Waals surface area contributed by atoms with E-state index in [1.807, 2.05) is 18.2 Å². The molecule has 0 fully saturated rings. The van der Waals surface area contributed by atoms with Crippen LogP contribution in [0.3, 0.4) is 0 Å². The van der Waals surface area contributed by atoms with Crippen LogP contribution in [-0.4, -0.2) is 22.6 Å². The molecule has 3 aromatic carbocycles. The van der Waals surface area contributed by atoms with E-state index < -0.39 is 11.9 Å². The molecule has 0 saturated carbocycles. The normalized spacial score (nSPS) is 16.0. The number of para-hydroxylation sites is 1. The lowest BCUT2D eigenvalue weighted by atomic mass is 10.00. The van der Waals surface area contributed by atoms with E-state index in [9.17, 15) is 13.6 Å². The average molecular weight is 401 g/mol. The van der Waals surface area contributed by atoms with Crippen LogP contribution in [0.4, 0.5) is 14.5 Å². The van der Waals surface area contributed by atoms with Crippen molar-refractivity contribution in [3.8, 4) is 0 Å². The third kappa shape index (κ3) is 3.16. The van der Waals surface area contributed by atoms with Gasteiger partial charge in [0.2, 0.25) is 5.91 Å². The lowest BCUT2D eigenvalue weighted by Gasteiger charge is -2.11. The van der Waals surface area contributed by atoms with Crippen LogP contribution < -0.4 is 5.32 Å². The number of hydrogen-bond donors (Lipinski definition) is 2. The van der Waals surface area contributed by atoms with Crippen LogP contribution in [0.5, 0.6) is 0 Å². The molecule has 148 valence electrons. The number of anilines is 1.